The number of amides is 2. The molecule has 2 N–H and O–H groups in total. The number of ether oxygens (including phenoxy) is 1. The Hall–Kier alpha value is -2.48. The van der Waals surface area contributed by atoms with Crippen LogP contribution in [0.15, 0.2) is 24.3 Å². The molecule has 0 bridgehead atoms. The first-order valence-corrected chi connectivity index (χ1v) is 6.84. The number of hydrogen-bond donors (Lipinski definition) is 2. The second-order valence-corrected chi connectivity index (χ2v) is 4.38. The van der Waals surface area contributed by atoms with Gasteiger partial charge < -0.3 is 15.4 Å². The van der Waals surface area contributed by atoms with E-state index in [4.69, 9.17) is 4.74 Å². The van der Waals surface area contributed by atoms with Crippen molar-refractivity contribution in [2.24, 2.45) is 0 Å². The van der Waals surface area contributed by atoms with E-state index < -0.39 is 0 Å². The first-order valence-electron chi connectivity index (χ1n) is 6.84. The number of benzene rings is 1. The first-order chi connectivity index (χ1) is 10.1. The lowest BCUT2D eigenvalue weighted by molar-refractivity contribution is -0.120. The molecule has 0 aliphatic rings. The topological polar surface area (TPSA) is 67.4 Å². The summed E-state index contributed by atoms with van der Waals surface area (Å²) in [6.45, 7) is 3.96. The Morgan fingerprint density at radius 2 is 2.10 bits per heavy atom. The lowest BCUT2D eigenvalue weighted by Crippen LogP contribution is -2.22. The molecule has 5 heteroatoms. The molecule has 1 rings (SSSR count). The molecular weight excluding hydrogens is 268 g/mol. The summed E-state index contributed by atoms with van der Waals surface area (Å²) in [5.41, 5.74) is 0.680. The zero-order chi connectivity index (χ0) is 15.5. The highest BCUT2D eigenvalue weighted by Gasteiger charge is 1.98. The monoisotopic (exact) mass is 288 g/mol. The Morgan fingerprint density at radius 3 is 2.81 bits per heavy atom. The van der Waals surface area contributed by atoms with Gasteiger partial charge in [-0.25, -0.2) is 0 Å². The molecule has 0 heterocycles. The summed E-state index contributed by atoms with van der Waals surface area (Å²) < 4.78 is 5.45. The van der Waals surface area contributed by atoms with Crippen LogP contribution < -0.4 is 15.4 Å². The maximum absolute atomic E-state index is 11.2. The van der Waals surface area contributed by atoms with Crippen LogP contribution in [0.4, 0.5) is 5.69 Å². The fraction of sp³-hybridized carbons (Fsp3) is 0.375. The van der Waals surface area contributed by atoms with E-state index in [0.29, 0.717) is 24.4 Å². The fourth-order valence-electron chi connectivity index (χ4n) is 1.56. The third-order valence-corrected chi connectivity index (χ3v) is 2.44. The van der Waals surface area contributed by atoms with Crippen molar-refractivity contribution in [2.75, 3.05) is 18.5 Å². The molecule has 2 amide bonds. The molecule has 1 aromatic rings. The van der Waals surface area contributed by atoms with Crippen molar-refractivity contribution in [1.82, 2.24) is 5.32 Å². The van der Waals surface area contributed by atoms with Crippen molar-refractivity contribution in [3.8, 4) is 17.6 Å². The largest absolute Gasteiger partial charge is 0.481 e. The number of hydrogen-bond acceptors (Lipinski definition) is 3. The van der Waals surface area contributed by atoms with Gasteiger partial charge in [0.25, 0.3) is 0 Å². The zero-order valence-electron chi connectivity index (χ0n) is 12.4. The second kappa shape index (κ2) is 9.43. The van der Waals surface area contributed by atoms with Gasteiger partial charge in [-0.05, 0) is 18.6 Å². The molecule has 0 unspecified atom stereocenters. The van der Waals surface area contributed by atoms with Gasteiger partial charge in [-0.15, -0.1) is 0 Å². The molecule has 0 saturated heterocycles. The van der Waals surface area contributed by atoms with E-state index in [9.17, 15) is 9.59 Å². The highest BCUT2D eigenvalue weighted by atomic mass is 16.5. The normalized spacial score (nSPS) is 9.24. The van der Waals surface area contributed by atoms with Gasteiger partial charge in [-0.3, -0.25) is 9.59 Å². The Balaban J connectivity index is 2.32. The van der Waals surface area contributed by atoms with Gasteiger partial charge in [0.05, 0.1) is 6.54 Å². The van der Waals surface area contributed by atoms with Crippen LogP contribution in [0.3, 0.4) is 0 Å². The minimum atomic E-state index is -0.130. The molecule has 0 fully saturated rings. The lowest BCUT2D eigenvalue weighted by atomic mass is 10.3. The summed E-state index contributed by atoms with van der Waals surface area (Å²) in [6.07, 6.45) is 1.35. The van der Waals surface area contributed by atoms with Gasteiger partial charge in [0.15, 0.2) is 0 Å². The van der Waals surface area contributed by atoms with E-state index in [2.05, 4.69) is 22.5 Å². The van der Waals surface area contributed by atoms with Gasteiger partial charge >= 0.3 is 0 Å². The van der Waals surface area contributed by atoms with E-state index in [0.717, 1.165) is 6.42 Å². The minimum Gasteiger partial charge on any atom is -0.481 e. The maximum Gasteiger partial charge on any atom is 0.221 e. The number of carbonyl (C=O) groups is 2. The lowest BCUT2D eigenvalue weighted by Gasteiger charge is -2.05. The van der Waals surface area contributed by atoms with Crippen LogP contribution in [0.1, 0.15) is 26.7 Å². The third-order valence-electron chi connectivity index (χ3n) is 2.44. The molecular formula is C16H20N2O3. The van der Waals surface area contributed by atoms with E-state index in [1.54, 1.807) is 24.3 Å². The van der Waals surface area contributed by atoms with E-state index >= 15 is 0 Å². The highest BCUT2D eigenvalue weighted by molar-refractivity contribution is 5.88. The Morgan fingerprint density at radius 1 is 1.29 bits per heavy atom. The van der Waals surface area contributed by atoms with Gasteiger partial charge in [-0.2, -0.15) is 0 Å². The summed E-state index contributed by atoms with van der Waals surface area (Å²) in [7, 11) is 0. The molecule has 0 aliphatic heterocycles. The summed E-state index contributed by atoms with van der Waals surface area (Å²) >= 11 is 0. The third kappa shape index (κ3) is 7.63. The predicted octanol–water partition coefficient (Wildman–Crippen LogP) is 1.94. The second-order valence-electron chi connectivity index (χ2n) is 4.38. The molecule has 0 atom stereocenters. The number of carbonyl (C=O) groups excluding carboxylic acids is 2. The smallest absolute Gasteiger partial charge is 0.221 e. The zero-order valence-corrected chi connectivity index (χ0v) is 12.4. The van der Waals surface area contributed by atoms with Gasteiger partial charge in [0.2, 0.25) is 11.8 Å². The summed E-state index contributed by atoms with van der Waals surface area (Å²) in [5, 5.41) is 5.38. The maximum atomic E-state index is 11.2. The van der Waals surface area contributed by atoms with Crippen LogP contribution in [0.5, 0.6) is 5.75 Å². The summed E-state index contributed by atoms with van der Waals surface area (Å²) in [6, 6.07) is 7.09. The molecule has 112 valence electrons. The van der Waals surface area contributed by atoms with Crippen molar-refractivity contribution in [3.63, 3.8) is 0 Å². The standard InChI is InChI=1S/C16H20N2O3/c1-3-7-16(20)17-10-4-5-11-21-15-9-6-8-14(12-15)18-13(2)19/h6,8-9,12H,3,7,10-11H2,1-2H3,(H,17,20)(H,18,19). The van der Waals surface area contributed by atoms with Crippen molar-refractivity contribution in [2.45, 2.75) is 26.7 Å². The fourth-order valence-corrected chi connectivity index (χ4v) is 1.56. The average molecular weight is 288 g/mol. The quantitative estimate of drug-likeness (QED) is 0.786. The van der Waals surface area contributed by atoms with Crippen molar-refractivity contribution >= 4 is 17.5 Å². The predicted molar refractivity (Wildman–Crippen MR) is 81.9 cm³/mol. The van der Waals surface area contributed by atoms with E-state index in [1.807, 2.05) is 6.92 Å². The van der Waals surface area contributed by atoms with Crippen LogP contribution >= 0.6 is 0 Å². The van der Waals surface area contributed by atoms with Gasteiger partial charge in [0.1, 0.15) is 12.4 Å². The molecule has 21 heavy (non-hydrogen) atoms. The summed E-state index contributed by atoms with van der Waals surface area (Å²) in [5.74, 6) is 6.14. The number of nitrogens with one attached hydrogen (secondary N) is 2. The molecule has 0 aliphatic carbocycles. The molecule has 1 aromatic carbocycles. The Labute approximate surface area is 125 Å². The molecule has 0 radical (unpaired) electrons. The molecule has 0 saturated carbocycles. The van der Waals surface area contributed by atoms with Gasteiger partial charge in [0, 0.05) is 25.1 Å². The first kappa shape index (κ1) is 16.6. The minimum absolute atomic E-state index is 0.00993. The van der Waals surface area contributed by atoms with Crippen LogP contribution in [0, 0.1) is 11.8 Å². The van der Waals surface area contributed by atoms with Crippen LogP contribution in [-0.4, -0.2) is 25.0 Å². The van der Waals surface area contributed by atoms with Gasteiger partial charge in [-0.1, -0.05) is 24.8 Å². The average Bonchev–Trinajstić information content (AvgIpc) is 2.42. The molecule has 5 nitrogen and oxygen atoms in total. The Kier molecular flexibility index (Phi) is 7.44. The van der Waals surface area contributed by atoms with Crippen LogP contribution in [0.2, 0.25) is 0 Å². The molecule has 0 aromatic heterocycles. The molecule has 0 spiro atoms. The SMILES string of the molecule is CCCC(=O)NCC#CCOc1cccc(NC(C)=O)c1. The Bertz CT molecular complexity index is 544. The van der Waals surface area contributed by atoms with Crippen molar-refractivity contribution in [3.05, 3.63) is 24.3 Å². The van der Waals surface area contributed by atoms with Crippen LogP contribution in [-0.2, 0) is 9.59 Å². The number of anilines is 1. The van der Waals surface area contributed by atoms with Crippen LogP contribution in [0.25, 0.3) is 0 Å². The van der Waals surface area contributed by atoms with E-state index in [-0.39, 0.29) is 18.4 Å². The number of rotatable bonds is 6. The summed E-state index contributed by atoms with van der Waals surface area (Å²) in [4.78, 5) is 22.1. The van der Waals surface area contributed by atoms with Crippen molar-refractivity contribution < 1.29 is 14.3 Å². The highest BCUT2D eigenvalue weighted by Crippen LogP contribution is 2.16. The van der Waals surface area contributed by atoms with Crippen molar-refractivity contribution in [1.29, 1.82) is 0 Å². The van der Waals surface area contributed by atoms with E-state index in [1.165, 1.54) is 6.92 Å².